The molecular weight excluding hydrogens is 515 g/mol. The normalized spacial score (nSPS) is 14.1. The third kappa shape index (κ3) is 6.11. The fourth-order valence-corrected chi connectivity index (χ4v) is 4.53. The number of carboxylic acid groups (broad SMARTS) is 1. The maximum absolute atomic E-state index is 13.2. The van der Waals surface area contributed by atoms with Crippen LogP contribution in [-0.2, 0) is 15.8 Å². The molecule has 37 heavy (non-hydrogen) atoms. The maximum atomic E-state index is 13.2. The van der Waals surface area contributed by atoms with Crippen LogP contribution in [0.25, 0.3) is 10.4 Å². The van der Waals surface area contributed by atoms with Gasteiger partial charge in [-0.2, -0.15) is 13.2 Å². The van der Waals surface area contributed by atoms with Crippen molar-refractivity contribution in [1.82, 2.24) is 20.3 Å². The smallest absolute Gasteiger partial charge is 0.433 e. The summed E-state index contributed by atoms with van der Waals surface area (Å²) in [6, 6.07) is 4.90. The average Bonchev–Trinajstić information content (AvgIpc) is 3.20. The molecule has 0 spiro atoms. The van der Waals surface area contributed by atoms with E-state index < -0.39 is 29.8 Å². The summed E-state index contributed by atoms with van der Waals surface area (Å²) in [5.41, 5.74) is -0.780. The van der Waals surface area contributed by atoms with E-state index in [4.69, 9.17) is 0 Å². The van der Waals surface area contributed by atoms with Crippen molar-refractivity contribution in [2.45, 2.75) is 19.5 Å². The second-order valence-corrected chi connectivity index (χ2v) is 8.95. The number of alkyl halides is 3. The molecule has 194 valence electrons. The molecule has 1 aliphatic heterocycles. The van der Waals surface area contributed by atoms with Gasteiger partial charge < -0.3 is 20.6 Å². The lowest BCUT2D eigenvalue weighted by molar-refractivity contribution is -0.141. The Morgan fingerprint density at radius 3 is 2.73 bits per heavy atom. The zero-order valence-electron chi connectivity index (χ0n) is 19.2. The highest BCUT2D eigenvalue weighted by Gasteiger charge is 2.34. The number of amides is 3. The number of rotatable bonds is 5. The Kier molecular flexibility index (Phi) is 7.24. The summed E-state index contributed by atoms with van der Waals surface area (Å²) in [5, 5.41) is 15.8. The Bertz CT molecular complexity index is 1350. The third-order valence-corrected chi connectivity index (χ3v) is 6.24. The Morgan fingerprint density at radius 2 is 2.03 bits per heavy atom. The minimum absolute atomic E-state index is 0.0998. The summed E-state index contributed by atoms with van der Waals surface area (Å²) in [5.74, 6) is -1.29. The molecule has 2 aromatic heterocycles. The number of nitrogens with one attached hydrogen (secondary N) is 2. The van der Waals surface area contributed by atoms with Gasteiger partial charge in [0.2, 0.25) is 17.8 Å². The number of benzene rings is 1. The van der Waals surface area contributed by atoms with Gasteiger partial charge in [0.05, 0.1) is 17.1 Å². The lowest BCUT2D eigenvalue weighted by Crippen LogP contribution is -2.32. The Morgan fingerprint density at radius 1 is 1.24 bits per heavy atom. The molecule has 1 aliphatic rings. The number of hydrogen-bond donors (Lipinski definition) is 3. The monoisotopic (exact) mass is 535 g/mol. The largest absolute Gasteiger partial charge is 0.464 e. The van der Waals surface area contributed by atoms with Crippen molar-refractivity contribution in [3.8, 4) is 10.4 Å². The van der Waals surface area contributed by atoms with Gasteiger partial charge in [-0.3, -0.25) is 9.59 Å². The van der Waals surface area contributed by atoms with E-state index in [0.29, 0.717) is 39.6 Å². The second kappa shape index (κ2) is 10.4. The first kappa shape index (κ1) is 25.8. The van der Waals surface area contributed by atoms with Crippen LogP contribution in [0.4, 0.5) is 40.4 Å². The third-order valence-electron chi connectivity index (χ3n) is 5.13. The summed E-state index contributed by atoms with van der Waals surface area (Å²) in [6.45, 7) is 2.54. The van der Waals surface area contributed by atoms with E-state index in [0.717, 1.165) is 12.6 Å². The van der Waals surface area contributed by atoms with E-state index in [2.05, 4.69) is 25.6 Å². The summed E-state index contributed by atoms with van der Waals surface area (Å²) >= 11 is 1.24. The van der Waals surface area contributed by atoms with Gasteiger partial charge in [-0.05, 0) is 36.2 Å². The van der Waals surface area contributed by atoms with Crippen LogP contribution >= 0.6 is 11.3 Å². The van der Waals surface area contributed by atoms with Crippen molar-refractivity contribution in [2.75, 3.05) is 34.8 Å². The molecule has 1 fully saturated rings. The van der Waals surface area contributed by atoms with Crippen LogP contribution in [0, 0.1) is 0 Å². The highest BCUT2D eigenvalue weighted by molar-refractivity contribution is 7.18. The molecule has 3 amide bonds. The summed E-state index contributed by atoms with van der Waals surface area (Å²) in [6.07, 6.45) is -3.37. The number of aromatic nitrogens is 3. The van der Waals surface area contributed by atoms with Crippen molar-refractivity contribution < 1.29 is 32.7 Å². The van der Waals surface area contributed by atoms with Gasteiger partial charge in [0.15, 0.2) is 5.13 Å². The highest BCUT2D eigenvalue weighted by atomic mass is 32.1. The van der Waals surface area contributed by atoms with Crippen LogP contribution in [0.5, 0.6) is 0 Å². The van der Waals surface area contributed by atoms with E-state index in [1.807, 2.05) is 4.90 Å². The number of hydrogen-bond acceptors (Lipinski definition) is 8. The van der Waals surface area contributed by atoms with Crippen molar-refractivity contribution in [3.05, 3.63) is 42.4 Å². The molecule has 1 aromatic carbocycles. The van der Waals surface area contributed by atoms with Crippen molar-refractivity contribution >= 4 is 51.7 Å². The van der Waals surface area contributed by atoms with Crippen molar-refractivity contribution in [1.29, 1.82) is 0 Å². The van der Waals surface area contributed by atoms with E-state index in [9.17, 15) is 32.7 Å². The minimum atomic E-state index is -4.81. The minimum Gasteiger partial charge on any atom is -0.464 e. The molecule has 0 unspecified atom stereocenters. The number of carbonyl (C=O) groups is 3. The Balaban J connectivity index is 1.77. The zero-order chi connectivity index (χ0) is 26.7. The quantitative estimate of drug-likeness (QED) is 0.449. The van der Waals surface area contributed by atoms with Gasteiger partial charge in [0.1, 0.15) is 5.69 Å². The average molecular weight is 536 g/mol. The van der Waals surface area contributed by atoms with Crippen LogP contribution in [0.2, 0.25) is 0 Å². The van der Waals surface area contributed by atoms with Gasteiger partial charge in [0, 0.05) is 38.1 Å². The van der Waals surface area contributed by atoms with Gasteiger partial charge in [-0.25, -0.2) is 24.6 Å². The molecule has 4 rings (SSSR count). The van der Waals surface area contributed by atoms with Crippen LogP contribution < -0.4 is 20.4 Å². The first-order valence-corrected chi connectivity index (χ1v) is 11.7. The summed E-state index contributed by atoms with van der Waals surface area (Å²) in [4.78, 5) is 50.2. The Hall–Kier alpha value is -4.27. The van der Waals surface area contributed by atoms with E-state index in [-0.39, 0.29) is 23.8 Å². The topological polar surface area (TPSA) is 141 Å². The molecule has 0 bridgehead atoms. The lowest BCUT2D eigenvalue weighted by Gasteiger charge is -2.20. The van der Waals surface area contributed by atoms with Crippen LogP contribution in [-0.4, -0.2) is 57.6 Å². The lowest BCUT2D eigenvalue weighted by atomic mass is 10.1. The summed E-state index contributed by atoms with van der Waals surface area (Å²) in [7, 11) is 0. The molecule has 15 heteroatoms. The molecule has 0 aliphatic carbocycles. The SMILES string of the molecule is CC(=O)Nc1cc(-c2cnc(N3CCCNC(=O)C3)s2)cc(N(C(=O)O)c2nccc(C(F)(F)F)n2)c1. The van der Waals surface area contributed by atoms with E-state index in [1.165, 1.54) is 36.6 Å². The molecular formula is C22H20F3N7O4S. The van der Waals surface area contributed by atoms with Crippen molar-refractivity contribution in [2.24, 2.45) is 0 Å². The molecule has 0 atom stereocenters. The number of carbonyl (C=O) groups excluding carboxylic acids is 2. The van der Waals surface area contributed by atoms with Gasteiger partial charge in [-0.15, -0.1) is 0 Å². The number of halogens is 3. The predicted octanol–water partition coefficient (Wildman–Crippen LogP) is 3.72. The second-order valence-electron chi connectivity index (χ2n) is 7.94. The molecule has 1 saturated heterocycles. The number of anilines is 4. The standard InChI is InChI=1S/C22H20F3N7O4S/c1-12(33)29-14-7-13(16-10-28-20(37-16)31-6-2-4-26-18(34)11-31)8-15(9-14)32(21(35)36)19-27-5-3-17(30-19)22(23,24)25/h3,5,7-10H,2,4,6,11H2,1H3,(H,26,34)(H,29,33)(H,35,36). The first-order valence-electron chi connectivity index (χ1n) is 10.8. The van der Waals surface area contributed by atoms with E-state index >= 15 is 0 Å². The fraction of sp³-hybridized carbons (Fsp3) is 0.273. The molecule has 0 radical (unpaired) electrons. The van der Waals surface area contributed by atoms with Gasteiger partial charge in [-0.1, -0.05) is 11.3 Å². The fourth-order valence-electron chi connectivity index (χ4n) is 3.60. The number of nitrogens with zero attached hydrogens (tertiary/aromatic N) is 5. The molecule has 3 N–H and O–H groups in total. The van der Waals surface area contributed by atoms with E-state index in [1.54, 1.807) is 6.07 Å². The van der Waals surface area contributed by atoms with Gasteiger partial charge >= 0.3 is 12.3 Å². The Labute approximate surface area is 212 Å². The summed E-state index contributed by atoms with van der Waals surface area (Å²) < 4.78 is 39.6. The molecule has 3 heterocycles. The predicted molar refractivity (Wildman–Crippen MR) is 129 cm³/mol. The zero-order valence-corrected chi connectivity index (χ0v) is 20.1. The highest BCUT2D eigenvalue weighted by Crippen LogP contribution is 2.37. The van der Waals surface area contributed by atoms with Crippen LogP contribution in [0.15, 0.2) is 36.7 Å². The molecule has 3 aromatic rings. The molecule has 0 saturated carbocycles. The van der Waals surface area contributed by atoms with Crippen molar-refractivity contribution in [3.63, 3.8) is 0 Å². The number of thiazole rings is 1. The maximum Gasteiger partial charge on any atom is 0.433 e. The molecule has 11 nitrogen and oxygen atoms in total. The van der Waals surface area contributed by atoms with Crippen LogP contribution in [0.1, 0.15) is 19.0 Å². The first-order chi connectivity index (χ1) is 17.5. The van der Waals surface area contributed by atoms with Gasteiger partial charge in [0.25, 0.3) is 0 Å². The van der Waals surface area contributed by atoms with Crippen LogP contribution in [0.3, 0.4) is 0 Å².